The van der Waals surface area contributed by atoms with Crippen LogP contribution in [0.4, 0.5) is 9.59 Å². The lowest BCUT2D eigenvalue weighted by molar-refractivity contribution is -0.142. The van der Waals surface area contributed by atoms with E-state index in [1.165, 1.54) is 5.56 Å². The van der Waals surface area contributed by atoms with Crippen molar-refractivity contribution in [3.63, 3.8) is 0 Å². The van der Waals surface area contributed by atoms with Gasteiger partial charge in [-0.15, -0.1) is 0 Å². The summed E-state index contributed by atoms with van der Waals surface area (Å²) in [6.45, 7) is 5.93. The van der Waals surface area contributed by atoms with E-state index in [1.54, 1.807) is 64.5 Å². The van der Waals surface area contributed by atoms with E-state index in [-0.39, 0.29) is 23.9 Å². The minimum Gasteiger partial charge on any atom is -0.431 e. The fraction of sp³-hybridized carbons (Fsp3) is 0.306. The van der Waals surface area contributed by atoms with Gasteiger partial charge in [-0.1, -0.05) is 91.0 Å². The number of imidazole rings is 2. The van der Waals surface area contributed by atoms with Crippen molar-refractivity contribution in [3.05, 3.63) is 143 Å². The summed E-state index contributed by atoms with van der Waals surface area (Å²) in [5.74, 6) is 0.648. The summed E-state index contributed by atoms with van der Waals surface area (Å²) < 4.78 is 10.7. The molecule has 15 heteroatoms. The molecule has 64 heavy (non-hydrogen) atoms. The largest absolute Gasteiger partial charge is 0.431 e. The van der Waals surface area contributed by atoms with Gasteiger partial charge in [-0.3, -0.25) is 9.59 Å². The first kappa shape index (κ1) is 43.4. The van der Waals surface area contributed by atoms with E-state index in [4.69, 9.17) is 30.9 Å². The Balaban J connectivity index is 1.03. The molecule has 0 radical (unpaired) electrons. The van der Waals surface area contributed by atoms with Crippen LogP contribution in [0.3, 0.4) is 0 Å². The van der Waals surface area contributed by atoms with Gasteiger partial charge in [0.25, 0.3) is 11.8 Å². The van der Waals surface area contributed by atoms with E-state index in [1.807, 2.05) is 18.3 Å². The Hall–Kier alpha value is -7.26. The van der Waals surface area contributed by atoms with E-state index in [2.05, 4.69) is 73.1 Å². The van der Waals surface area contributed by atoms with E-state index >= 15 is 0 Å². The van der Waals surface area contributed by atoms with Crippen LogP contribution >= 0.6 is 0 Å². The number of hydrogen-bond donors (Lipinski definition) is 4. The number of aryl methyl sites for hydroxylation is 1. The van der Waals surface area contributed by atoms with Crippen molar-refractivity contribution in [1.82, 2.24) is 34.6 Å². The quantitative estimate of drug-likeness (QED) is 0.0892. The molecule has 4 heterocycles. The Bertz CT molecular complexity index is 2640. The van der Waals surface area contributed by atoms with Crippen LogP contribution in [0.15, 0.2) is 103 Å². The highest BCUT2D eigenvalue weighted by Gasteiger charge is 2.39. The highest BCUT2D eigenvalue weighted by molar-refractivity contribution is 5.86. The molecule has 6 aromatic rings. The predicted molar refractivity (Wildman–Crippen MR) is 241 cm³/mol. The second-order valence-corrected chi connectivity index (χ2v) is 16.7. The zero-order chi connectivity index (χ0) is 45.1. The third-order valence-corrected chi connectivity index (χ3v) is 12.2. The molecule has 2 aromatic heterocycles. The molecular formula is C49H53N9O6. The van der Waals surface area contributed by atoms with Gasteiger partial charge in [0, 0.05) is 36.3 Å². The van der Waals surface area contributed by atoms with Crippen molar-refractivity contribution >= 4 is 24.0 Å². The third kappa shape index (κ3) is 8.97. The highest BCUT2D eigenvalue weighted by Crippen LogP contribution is 2.40. The van der Waals surface area contributed by atoms with Gasteiger partial charge >= 0.3 is 12.2 Å². The molecule has 2 fully saturated rings. The summed E-state index contributed by atoms with van der Waals surface area (Å²) in [5, 5.41) is 0. The summed E-state index contributed by atoms with van der Waals surface area (Å²) in [7, 11) is 4.11. The second-order valence-electron chi connectivity index (χ2n) is 16.7. The standard InChI is InChI=1S/C49H53N9O6/c1-29-25-35(31-19-21-32(22-20-31)37-26-52-44(54-37)39-17-11-23-57(39)46(59)42(63-48(50)61)33-13-7-5-8-14-33)36(28-56(3)4)30(2)41(29)38-27-53-45(55-38)40-18-12-24-58(40)47(60)43(64-49(51)62)34-15-9-6-10-16-34/h5-10,13-16,19-22,25-27,39-40,42-43H,11-12,17-18,23-24,28H2,1-4H3,(H2,50,61)(H2,51,62)(H,52,54)(H,53,55)/t39?,40?,42-,43-/m1/s1. The van der Waals surface area contributed by atoms with Gasteiger partial charge in [0.15, 0.2) is 0 Å². The predicted octanol–water partition coefficient (Wildman–Crippen LogP) is 7.81. The first-order valence-electron chi connectivity index (χ1n) is 21.5. The maximum atomic E-state index is 14.0. The topological polar surface area (TPSA) is 206 Å². The number of hydrogen-bond acceptors (Lipinski definition) is 9. The van der Waals surface area contributed by atoms with E-state index in [9.17, 15) is 19.2 Å². The molecule has 4 aromatic carbocycles. The van der Waals surface area contributed by atoms with Crippen LogP contribution in [0.25, 0.3) is 33.6 Å². The fourth-order valence-electron chi connectivity index (χ4n) is 9.27. The van der Waals surface area contributed by atoms with Gasteiger partial charge < -0.3 is 45.6 Å². The summed E-state index contributed by atoms with van der Waals surface area (Å²) in [5.41, 5.74) is 21.1. The first-order chi connectivity index (χ1) is 30.9. The van der Waals surface area contributed by atoms with Crippen LogP contribution in [0, 0.1) is 13.8 Å². The number of likely N-dealkylation sites (tertiary alicyclic amines) is 2. The number of primary amides is 2. The van der Waals surface area contributed by atoms with Crippen LogP contribution in [0.5, 0.6) is 0 Å². The Morgan fingerprint density at radius 3 is 1.66 bits per heavy atom. The number of carbonyl (C=O) groups is 4. The monoisotopic (exact) mass is 863 g/mol. The molecule has 8 rings (SSSR count). The third-order valence-electron chi connectivity index (χ3n) is 12.2. The molecule has 0 aliphatic carbocycles. The van der Waals surface area contributed by atoms with Crippen molar-refractivity contribution in [2.24, 2.45) is 11.5 Å². The number of benzene rings is 4. The van der Waals surface area contributed by atoms with Gasteiger partial charge in [0.1, 0.15) is 11.6 Å². The molecule has 2 aliphatic rings. The summed E-state index contributed by atoms with van der Waals surface area (Å²) >= 11 is 0. The molecule has 2 unspecified atom stereocenters. The lowest BCUT2D eigenvalue weighted by Crippen LogP contribution is -2.37. The SMILES string of the molecule is Cc1cc(-c2ccc(-c3cnc(C4CCCN4C(=O)[C@H](OC(N)=O)c4ccccc4)[nH]3)cc2)c(CN(C)C)c(C)c1-c1cnc(C2CCCN2C(=O)[C@H](OC(N)=O)c2ccccc2)[nH]1. The minimum atomic E-state index is -1.16. The molecule has 330 valence electrons. The molecule has 15 nitrogen and oxygen atoms in total. The van der Waals surface area contributed by atoms with E-state index in [0.29, 0.717) is 55.3 Å². The number of rotatable bonds is 13. The number of aromatic amines is 2. The molecule has 2 aliphatic heterocycles. The lowest BCUT2D eigenvalue weighted by Gasteiger charge is -2.27. The molecule has 2 saturated heterocycles. The Morgan fingerprint density at radius 2 is 1.17 bits per heavy atom. The van der Waals surface area contributed by atoms with Gasteiger partial charge in [-0.2, -0.15) is 0 Å². The van der Waals surface area contributed by atoms with Crippen LogP contribution < -0.4 is 11.5 Å². The van der Waals surface area contributed by atoms with Crippen molar-refractivity contribution < 1.29 is 28.7 Å². The zero-order valence-electron chi connectivity index (χ0n) is 36.4. The Kier molecular flexibility index (Phi) is 12.6. The average Bonchev–Trinajstić information content (AvgIpc) is 4.13. The molecule has 4 atom stereocenters. The molecule has 0 saturated carbocycles. The molecule has 0 bridgehead atoms. The van der Waals surface area contributed by atoms with Crippen LogP contribution in [-0.2, 0) is 25.6 Å². The number of nitrogens with two attached hydrogens (primary N) is 2. The van der Waals surface area contributed by atoms with Crippen molar-refractivity contribution in [2.75, 3.05) is 27.2 Å². The summed E-state index contributed by atoms with van der Waals surface area (Å²) in [4.78, 5) is 73.7. The maximum absolute atomic E-state index is 14.0. The van der Waals surface area contributed by atoms with Crippen molar-refractivity contribution in [1.29, 1.82) is 0 Å². The van der Waals surface area contributed by atoms with Gasteiger partial charge in [0.05, 0.1) is 35.9 Å². The minimum absolute atomic E-state index is 0.318. The zero-order valence-corrected chi connectivity index (χ0v) is 36.4. The molecule has 0 spiro atoms. The van der Waals surface area contributed by atoms with Crippen molar-refractivity contribution in [3.8, 4) is 33.6 Å². The summed E-state index contributed by atoms with van der Waals surface area (Å²) in [6.07, 6.45) is 2.26. The number of nitrogens with zero attached hydrogens (tertiary/aromatic N) is 5. The van der Waals surface area contributed by atoms with E-state index < -0.39 is 24.4 Å². The molecular weight excluding hydrogens is 811 g/mol. The highest BCUT2D eigenvalue weighted by atomic mass is 16.6. The van der Waals surface area contributed by atoms with Crippen LogP contribution in [-0.4, -0.2) is 85.8 Å². The number of nitrogens with one attached hydrogen (secondary N) is 2. The second kappa shape index (κ2) is 18.6. The summed E-state index contributed by atoms with van der Waals surface area (Å²) in [6, 6.07) is 27.7. The molecule has 6 N–H and O–H groups in total. The Morgan fingerprint density at radius 1 is 0.703 bits per heavy atom. The number of ether oxygens (including phenoxy) is 2. The number of H-pyrrole nitrogens is 2. The van der Waals surface area contributed by atoms with Gasteiger partial charge in [0.2, 0.25) is 12.2 Å². The normalized spacial score (nSPS) is 17.1. The lowest BCUT2D eigenvalue weighted by atomic mass is 9.88. The van der Waals surface area contributed by atoms with Gasteiger partial charge in [-0.05, 0) is 87.0 Å². The first-order valence-corrected chi connectivity index (χ1v) is 21.5. The van der Waals surface area contributed by atoms with Crippen LogP contribution in [0.1, 0.15) is 89.4 Å². The average molecular weight is 864 g/mol. The number of aromatic nitrogens is 4. The fourth-order valence-corrected chi connectivity index (χ4v) is 9.27. The number of carbonyl (C=O) groups excluding carboxylic acids is 4. The van der Waals surface area contributed by atoms with Crippen LogP contribution in [0.2, 0.25) is 0 Å². The maximum Gasteiger partial charge on any atom is 0.405 e. The van der Waals surface area contributed by atoms with E-state index in [0.717, 1.165) is 57.6 Å². The Labute approximate surface area is 371 Å². The smallest absolute Gasteiger partial charge is 0.405 e. The van der Waals surface area contributed by atoms with Crippen molar-refractivity contribution in [2.45, 2.75) is 70.4 Å². The molecule has 4 amide bonds. The number of amides is 4. The van der Waals surface area contributed by atoms with Gasteiger partial charge in [-0.25, -0.2) is 19.6 Å².